The van der Waals surface area contributed by atoms with Crippen LogP contribution in [0.25, 0.3) is 11.5 Å². The van der Waals surface area contributed by atoms with Gasteiger partial charge in [-0.3, -0.25) is 4.98 Å². The summed E-state index contributed by atoms with van der Waals surface area (Å²) in [5.74, 6) is 2.43. The van der Waals surface area contributed by atoms with Crippen LogP contribution in [0.4, 0.5) is 5.82 Å². The molecule has 1 saturated heterocycles. The smallest absolute Gasteiger partial charge is 0.180 e. The molecule has 25 heavy (non-hydrogen) atoms. The summed E-state index contributed by atoms with van der Waals surface area (Å²) in [4.78, 5) is 16.7. The lowest BCUT2D eigenvalue weighted by Gasteiger charge is -2.22. The number of aromatic nitrogens is 3. The highest BCUT2D eigenvalue weighted by Crippen LogP contribution is 2.30. The Balaban J connectivity index is 1.73. The van der Waals surface area contributed by atoms with Crippen molar-refractivity contribution in [2.45, 2.75) is 19.3 Å². The number of fused-ring (bicyclic) bond motifs is 1. The molecule has 0 spiro atoms. The minimum atomic E-state index is 0.581. The number of nitrogens with one attached hydrogen (secondary N) is 1. The Hall–Kier alpha value is -2.05. The molecule has 0 amide bonds. The first-order valence-electron chi connectivity index (χ1n) is 9.11. The molecule has 2 aliphatic heterocycles. The van der Waals surface area contributed by atoms with Gasteiger partial charge < -0.3 is 15.0 Å². The van der Waals surface area contributed by atoms with Crippen LogP contribution >= 0.6 is 0 Å². The van der Waals surface area contributed by atoms with Gasteiger partial charge in [-0.2, -0.15) is 0 Å². The second-order valence-electron chi connectivity index (χ2n) is 6.82. The van der Waals surface area contributed by atoms with E-state index in [0.717, 1.165) is 69.4 Å². The molecule has 1 N–H and O–H groups in total. The fourth-order valence-electron chi connectivity index (χ4n) is 3.79. The molecule has 1 fully saturated rings. The largest absolute Gasteiger partial charge is 0.384 e. The Kier molecular flexibility index (Phi) is 4.90. The van der Waals surface area contributed by atoms with Crippen molar-refractivity contribution in [3.05, 3.63) is 35.7 Å². The number of rotatable bonds is 4. The van der Waals surface area contributed by atoms with E-state index in [-0.39, 0.29) is 0 Å². The van der Waals surface area contributed by atoms with Crippen LogP contribution in [-0.4, -0.2) is 54.8 Å². The molecule has 0 aliphatic carbocycles. The van der Waals surface area contributed by atoms with Gasteiger partial charge in [-0.05, 0) is 31.5 Å². The predicted molar refractivity (Wildman–Crippen MR) is 97.7 cm³/mol. The van der Waals surface area contributed by atoms with Gasteiger partial charge in [0.05, 0.1) is 12.3 Å². The van der Waals surface area contributed by atoms with E-state index in [0.29, 0.717) is 5.92 Å². The topological polar surface area (TPSA) is 63.2 Å². The van der Waals surface area contributed by atoms with Gasteiger partial charge in [0, 0.05) is 50.8 Å². The summed E-state index contributed by atoms with van der Waals surface area (Å²) >= 11 is 0. The molecule has 0 unspecified atom stereocenters. The van der Waals surface area contributed by atoms with Crippen molar-refractivity contribution in [2.75, 3.05) is 44.8 Å². The van der Waals surface area contributed by atoms with Crippen LogP contribution < -0.4 is 10.2 Å². The molecule has 6 nitrogen and oxygen atoms in total. The van der Waals surface area contributed by atoms with Crippen LogP contribution in [-0.2, 0) is 17.6 Å². The van der Waals surface area contributed by atoms with Crippen LogP contribution in [0.2, 0.25) is 0 Å². The van der Waals surface area contributed by atoms with E-state index >= 15 is 0 Å². The van der Waals surface area contributed by atoms with Gasteiger partial charge in [0.2, 0.25) is 0 Å². The molecule has 4 heterocycles. The van der Waals surface area contributed by atoms with E-state index in [1.165, 1.54) is 11.3 Å². The van der Waals surface area contributed by atoms with Gasteiger partial charge in [-0.15, -0.1) is 0 Å². The number of methoxy groups -OCH3 is 1. The van der Waals surface area contributed by atoms with Crippen molar-refractivity contribution in [2.24, 2.45) is 5.92 Å². The van der Waals surface area contributed by atoms with Crippen molar-refractivity contribution in [1.82, 2.24) is 20.3 Å². The minimum absolute atomic E-state index is 0.581. The summed E-state index contributed by atoms with van der Waals surface area (Å²) in [6.45, 7) is 4.82. The van der Waals surface area contributed by atoms with Gasteiger partial charge in [-0.1, -0.05) is 6.07 Å². The van der Waals surface area contributed by atoms with Crippen LogP contribution in [0.5, 0.6) is 0 Å². The first kappa shape index (κ1) is 16.4. The average molecular weight is 339 g/mol. The van der Waals surface area contributed by atoms with Crippen molar-refractivity contribution in [3.8, 4) is 11.5 Å². The first-order valence-corrected chi connectivity index (χ1v) is 9.11. The maximum Gasteiger partial charge on any atom is 0.180 e. The van der Waals surface area contributed by atoms with E-state index in [4.69, 9.17) is 14.7 Å². The first-order chi connectivity index (χ1) is 12.3. The molecule has 0 radical (unpaired) electrons. The summed E-state index contributed by atoms with van der Waals surface area (Å²) in [7, 11) is 1.78. The fourth-order valence-corrected chi connectivity index (χ4v) is 3.79. The number of anilines is 1. The molecule has 0 saturated carbocycles. The number of pyridine rings is 1. The highest BCUT2D eigenvalue weighted by atomic mass is 16.5. The molecule has 2 aromatic rings. The Morgan fingerprint density at radius 1 is 1.24 bits per heavy atom. The molecule has 2 aromatic heterocycles. The lowest BCUT2D eigenvalue weighted by atomic mass is 10.1. The zero-order valence-corrected chi connectivity index (χ0v) is 14.7. The Morgan fingerprint density at radius 2 is 2.16 bits per heavy atom. The van der Waals surface area contributed by atoms with E-state index in [1.54, 1.807) is 13.3 Å². The van der Waals surface area contributed by atoms with Gasteiger partial charge in [0.15, 0.2) is 5.82 Å². The normalized spacial score (nSPS) is 20.4. The monoisotopic (exact) mass is 339 g/mol. The standard InChI is InChI=1S/C19H25N5O/c1-25-13-14-7-11-24(12-14)19-15-5-9-20-10-6-16(15)22-18(23-19)17-4-2-3-8-21-17/h2-4,8,14,20H,5-7,9-13H2,1H3/t14-/m1/s1. The number of nitrogens with zero attached hydrogens (tertiary/aromatic N) is 4. The summed E-state index contributed by atoms with van der Waals surface area (Å²) in [5, 5.41) is 3.48. The summed E-state index contributed by atoms with van der Waals surface area (Å²) in [6, 6.07) is 5.90. The quantitative estimate of drug-likeness (QED) is 0.915. The highest BCUT2D eigenvalue weighted by molar-refractivity contribution is 5.58. The van der Waals surface area contributed by atoms with Gasteiger partial charge >= 0.3 is 0 Å². The van der Waals surface area contributed by atoms with E-state index < -0.39 is 0 Å². The maximum atomic E-state index is 5.36. The number of hydrogen-bond donors (Lipinski definition) is 1. The van der Waals surface area contributed by atoms with E-state index in [9.17, 15) is 0 Å². The van der Waals surface area contributed by atoms with Crippen LogP contribution in [0.1, 0.15) is 17.7 Å². The lowest BCUT2D eigenvalue weighted by Crippen LogP contribution is -2.25. The van der Waals surface area contributed by atoms with Crippen LogP contribution in [0.15, 0.2) is 24.4 Å². The number of ether oxygens (including phenoxy) is 1. The van der Waals surface area contributed by atoms with Gasteiger partial charge in [-0.25, -0.2) is 9.97 Å². The number of hydrogen-bond acceptors (Lipinski definition) is 6. The summed E-state index contributed by atoms with van der Waals surface area (Å²) < 4.78 is 5.36. The van der Waals surface area contributed by atoms with Crippen LogP contribution in [0, 0.1) is 5.92 Å². The van der Waals surface area contributed by atoms with Crippen molar-refractivity contribution < 1.29 is 4.74 Å². The molecule has 4 rings (SSSR count). The minimum Gasteiger partial charge on any atom is -0.384 e. The predicted octanol–water partition coefficient (Wildman–Crippen LogP) is 1.70. The SMILES string of the molecule is COC[C@@H]1CCN(c2nc(-c3ccccn3)nc3c2CCNCC3)C1. The molecule has 2 aliphatic rings. The molecule has 6 heteroatoms. The molecular weight excluding hydrogens is 314 g/mol. The summed E-state index contributed by atoms with van der Waals surface area (Å²) in [5.41, 5.74) is 3.32. The van der Waals surface area contributed by atoms with E-state index in [1.807, 2.05) is 18.2 Å². The van der Waals surface area contributed by atoms with Crippen molar-refractivity contribution in [3.63, 3.8) is 0 Å². The third-order valence-corrected chi connectivity index (χ3v) is 5.04. The Bertz CT molecular complexity index is 721. The van der Waals surface area contributed by atoms with Gasteiger partial charge in [0.1, 0.15) is 11.5 Å². The second-order valence-corrected chi connectivity index (χ2v) is 6.82. The maximum absolute atomic E-state index is 5.36. The Labute approximate surface area is 148 Å². The zero-order chi connectivity index (χ0) is 17.1. The van der Waals surface area contributed by atoms with Gasteiger partial charge in [0.25, 0.3) is 0 Å². The average Bonchev–Trinajstić information content (AvgIpc) is 2.98. The van der Waals surface area contributed by atoms with Crippen molar-refractivity contribution >= 4 is 5.82 Å². The lowest BCUT2D eigenvalue weighted by molar-refractivity contribution is 0.161. The second kappa shape index (κ2) is 7.45. The molecule has 132 valence electrons. The third kappa shape index (κ3) is 3.50. The highest BCUT2D eigenvalue weighted by Gasteiger charge is 2.28. The fraction of sp³-hybridized carbons (Fsp3) is 0.526. The van der Waals surface area contributed by atoms with Crippen molar-refractivity contribution in [1.29, 1.82) is 0 Å². The molecule has 0 aromatic carbocycles. The zero-order valence-electron chi connectivity index (χ0n) is 14.7. The molecule has 0 bridgehead atoms. The Morgan fingerprint density at radius 3 is 3.00 bits per heavy atom. The van der Waals surface area contributed by atoms with E-state index in [2.05, 4.69) is 15.2 Å². The van der Waals surface area contributed by atoms with Crippen LogP contribution in [0.3, 0.4) is 0 Å². The molecular formula is C19H25N5O. The molecule has 1 atom stereocenters. The third-order valence-electron chi connectivity index (χ3n) is 5.04. The summed E-state index contributed by atoms with van der Waals surface area (Å²) in [6.07, 6.45) is 4.89.